The van der Waals surface area contributed by atoms with Gasteiger partial charge in [0, 0.05) is 0 Å². The molecular weight excluding hydrogens is 394 g/mol. The molecule has 166 valence electrons. The van der Waals surface area contributed by atoms with Crippen LogP contribution in [0.1, 0.15) is 0 Å². The van der Waals surface area contributed by atoms with Crippen LogP contribution in [-0.2, 0) is 14.3 Å². The van der Waals surface area contributed by atoms with Gasteiger partial charge in [-0.1, -0.05) is 0 Å². The summed E-state index contributed by atoms with van der Waals surface area (Å²) in [6.07, 6.45) is -7.87. The first-order valence-electron chi connectivity index (χ1n) is 8.91. The molecule has 2 rings (SSSR count). The summed E-state index contributed by atoms with van der Waals surface area (Å²) in [5.41, 5.74) is 5.84. The van der Waals surface area contributed by atoms with Gasteiger partial charge in [0.1, 0.15) is 49.0 Å². The van der Waals surface area contributed by atoms with Crippen molar-refractivity contribution in [2.75, 3.05) is 26.4 Å². The molecule has 14 heteroatoms. The third kappa shape index (κ3) is 4.99. The fraction of sp³-hybridized carbons (Fsp3) is 0.800. The van der Waals surface area contributed by atoms with Gasteiger partial charge in [-0.3, -0.25) is 15.0 Å². The molecule has 1 fully saturated rings. The number of nitrogens with zero attached hydrogens (tertiary/aromatic N) is 2. The smallest absolute Gasteiger partial charge is 0.240 e. The summed E-state index contributed by atoms with van der Waals surface area (Å²) < 4.78 is 5.46. The molecule has 0 aromatic heterocycles. The molecule has 0 bridgehead atoms. The van der Waals surface area contributed by atoms with E-state index >= 15 is 0 Å². The Morgan fingerprint density at radius 2 is 1.93 bits per heavy atom. The zero-order chi connectivity index (χ0) is 21.7. The molecule has 0 spiro atoms. The lowest BCUT2D eigenvalue weighted by molar-refractivity contribution is -0.259. The molecule has 2 aliphatic rings. The van der Waals surface area contributed by atoms with Gasteiger partial charge in [-0.2, -0.15) is 0 Å². The van der Waals surface area contributed by atoms with E-state index in [2.05, 4.69) is 15.6 Å². The molecule has 0 aromatic rings. The van der Waals surface area contributed by atoms with Crippen LogP contribution in [-0.4, -0.2) is 129 Å². The highest BCUT2D eigenvalue weighted by Gasteiger charge is 2.49. The van der Waals surface area contributed by atoms with Crippen LogP contribution in [0.25, 0.3) is 0 Å². The van der Waals surface area contributed by atoms with Gasteiger partial charge in [-0.05, 0) is 0 Å². The average Bonchev–Trinajstić information content (AvgIpc) is 3.08. The van der Waals surface area contributed by atoms with E-state index in [0.29, 0.717) is 6.29 Å². The summed E-state index contributed by atoms with van der Waals surface area (Å²) in [5.74, 6) is -0.886. The van der Waals surface area contributed by atoms with E-state index in [4.69, 9.17) is 15.6 Å². The van der Waals surface area contributed by atoms with Crippen molar-refractivity contribution in [2.45, 2.75) is 48.9 Å². The van der Waals surface area contributed by atoms with E-state index in [1.165, 1.54) is 4.90 Å². The Morgan fingerprint density at radius 3 is 2.48 bits per heavy atom. The zero-order valence-electron chi connectivity index (χ0n) is 15.4. The maximum Gasteiger partial charge on any atom is 0.240 e. The molecular formula is C15H27N5O9. The van der Waals surface area contributed by atoms with Crippen molar-refractivity contribution in [3.8, 4) is 0 Å². The summed E-state index contributed by atoms with van der Waals surface area (Å²) >= 11 is 0. The molecule has 8 atom stereocenters. The number of aliphatic imine (C=N–C) groups is 1. The number of amides is 1. The highest BCUT2D eigenvalue weighted by Crippen LogP contribution is 2.26. The molecule has 0 saturated carbocycles. The number of guanidine groups is 1. The molecule has 10 N–H and O–H groups in total. The Balaban J connectivity index is 2.14. The van der Waals surface area contributed by atoms with Gasteiger partial charge in [0.2, 0.25) is 5.91 Å². The van der Waals surface area contributed by atoms with Crippen LogP contribution >= 0.6 is 0 Å². The monoisotopic (exact) mass is 421 g/mol. The number of aliphatic hydroxyl groups is 6. The predicted molar refractivity (Wildman–Crippen MR) is 95.0 cm³/mol. The van der Waals surface area contributed by atoms with Crippen molar-refractivity contribution in [2.24, 2.45) is 10.7 Å². The predicted octanol–water partition coefficient (Wildman–Crippen LogP) is -6.63. The average molecular weight is 421 g/mol. The van der Waals surface area contributed by atoms with E-state index in [1.54, 1.807) is 0 Å². The first kappa shape index (κ1) is 23.4. The van der Waals surface area contributed by atoms with Gasteiger partial charge < -0.3 is 51.2 Å². The number of nitrogens with one attached hydrogen (secondary N) is 2. The number of aliphatic hydroxyl groups excluding tert-OH is 6. The Labute approximate surface area is 165 Å². The quantitative estimate of drug-likeness (QED) is 0.158. The summed E-state index contributed by atoms with van der Waals surface area (Å²) in [6, 6.07) is -2.38. The van der Waals surface area contributed by atoms with Crippen molar-refractivity contribution in [3.63, 3.8) is 0 Å². The first-order valence-corrected chi connectivity index (χ1v) is 8.91. The van der Waals surface area contributed by atoms with Crippen molar-refractivity contribution in [3.05, 3.63) is 0 Å². The van der Waals surface area contributed by atoms with E-state index < -0.39 is 74.6 Å². The molecule has 29 heavy (non-hydrogen) atoms. The van der Waals surface area contributed by atoms with Crippen LogP contribution in [0.2, 0.25) is 0 Å². The van der Waals surface area contributed by atoms with Crippen LogP contribution in [0.5, 0.6) is 0 Å². The minimum Gasteiger partial charge on any atom is -0.394 e. The molecule has 0 radical (unpaired) electrons. The molecule has 2 aliphatic heterocycles. The number of nitrogens with two attached hydrogens (primary N) is 1. The van der Waals surface area contributed by atoms with Gasteiger partial charge >= 0.3 is 0 Å². The number of aldehydes is 1. The van der Waals surface area contributed by atoms with Gasteiger partial charge in [0.25, 0.3) is 0 Å². The van der Waals surface area contributed by atoms with E-state index in [9.17, 15) is 35.1 Å². The Hall–Kier alpha value is -1.91. The van der Waals surface area contributed by atoms with Gasteiger partial charge in [0.05, 0.1) is 26.4 Å². The lowest BCUT2D eigenvalue weighted by atomic mass is 9.97. The summed E-state index contributed by atoms with van der Waals surface area (Å²) in [5, 5.41) is 63.1. The molecule has 1 amide bonds. The van der Waals surface area contributed by atoms with Crippen molar-refractivity contribution >= 4 is 18.2 Å². The lowest BCUT2D eigenvalue weighted by Gasteiger charge is -2.45. The molecule has 1 saturated heterocycles. The lowest BCUT2D eigenvalue weighted by Crippen LogP contribution is -2.68. The fourth-order valence-electron chi connectivity index (χ4n) is 3.11. The van der Waals surface area contributed by atoms with Crippen molar-refractivity contribution in [1.29, 1.82) is 0 Å². The van der Waals surface area contributed by atoms with Gasteiger partial charge in [0.15, 0.2) is 12.2 Å². The number of hydrogen-bond donors (Lipinski definition) is 9. The van der Waals surface area contributed by atoms with Crippen LogP contribution in [0.4, 0.5) is 0 Å². The minimum absolute atomic E-state index is 0.0122. The highest BCUT2D eigenvalue weighted by atomic mass is 16.6. The van der Waals surface area contributed by atoms with Crippen molar-refractivity contribution in [1.82, 2.24) is 15.5 Å². The second-order valence-corrected chi connectivity index (χ2v) is 6.68. The van der Waals surface area contributed by atoms with Gasteiger partial charge in [-0.25, -0.2) is 4.99 Å². The summed E-state index contributed by atoms with van der Waals surface area (Å²) in [4.78, 5) is 28.2. The largest absolute Gasteiger partial charge is 0.394 e. The van der Waals surface area contributed by atoms with E-state index in [-0.39, 0.29) is 12.5 Å². The summed E-state index contributed by atoms with van der Waals surface area (Å²) in [6.45, 7) is -1.95. The first-order chi connectivity index (χ1) is 13.8. The number of carbonyl (C=O) groups is 2. The number of rotatable bonds is 9. The third-order valence-corrected chi connectivity index (χ3v) is 4.75. The maximum atomic E-state index is 12.2. The zero-order valence-corrected chi connectivity index (χ0v) is 15.4. The van der Waals surface area contributed by atoms with Crippen LogP contribution in [0.15, 0.2) is 4.99 Å². The van der Waals surface area contributed by atoms with Crippen LogP contribution in [0.3, 0.4) is 0 Å². The Kier molecular flexibility index (Phi) is 8.23. The second kappa shape index (κ2) is 10.2. The standard InChI is InChI=1S/C15H27N5O9/c16-15-17-1-9(19-7(4-23)13(28)18-6(2-21)3-22)20(15)14-12(27)11(26)10(25)8(5-24)29-14/h2,6-12,14,19,22-27H,1,3-5H2,(H2,16,17)(H,18,28). The van der Waals surface area contributed by atoms with Gasteiger partial charge in [-0.15, -0.1) is 0 Å². The van der Waals surface area contributed by atoms with Crippen molar-refractivity contribution < 1.29 is 45.0 Å². The number of carbonyl (C=O) groups excluding carboxylic acids is 2. The third-order valence-electron chi connectivity index (χ3n) is 4.75. The molecule has 0 aromatic carbocycles. The topological polar surface area (TPSA) is 230 Å². The molecule has 8 unspecified atom stereocenters. The Morgan fingerprint density at radius 1 is 1.24 bits per heavy atom. The molecule has 14 nitrogen and oxygen atoms in total. The van der Waals surface area contributed by atoms with Crippen LogP contribution < -0.4 is 16.4 Å². The van der Waals surface area contributed by atoms with E-state index in [1.807, 2.05) is 0 Å². The minimum atomic E-state index is -1.64. The van der Waals surface area contributed by atoms with E-state index in [0.717, 1.165) is 0 Å². The summed E-state index contributed by atoms with van der Waals surface area (Å²) in [7, 11) is 0. The maximum absolute atomic E-state index is 12.2. The number of ether oxygens (including phenoxy) is 1. The normalized spacial score (nSPS) is 34.4. The highest BCUT2D eigenvalue weighted by molar-refractivity contribution is 5.85. The fourth-order valence-corrected chi connectivity index (χ4v) is 3.11. The SMILES string of the molecule is NC1=NCC(NC(CO)C(=O)NC(C=O)CO)N1C1OC(CO)C(O)C(O)C1O. The second-order valence-electron chi connectivity index (χ2n) is 6.68. The van der Waals surface area contributed by atoms with Crippen LogP contribution in [0, 0.1) is 0 Å². The molecule has 2 heterocycles. The number of hydrogen-bond acceptors (Lipinski definition) is 13. The Bertz CT molecular complexity index is 607. The molecule has 0 aliphatic carbocycles.